The molecule has 0 aromatic heterocycles. The van der Waals surface area contributed by atoms with Crippen molar-refractivity contribution in [1.29, 1.82) is 0 Å². The molecule has 0 aliphatic heterocycles. The molecular formula is C11H16BrNO. The summed E-state index contributed by atoms with van der Waals surface area (Å²) in [5.74, 6) is 0.920. The third-order valence-electron chi connectivity index (χ3n) is 2.33. The Kier molecular flexibility index (Phi) is 3.96. The summed E-state index contributed by atoms with van der Waals surface area (Å²) >= 11 is 3.48. The van der Waals surface area contributed by atoms with E-state index in [0.29, 0.717) is 6.54 Å². The van der Waals surface area contributed by atoms with E-state index in [1.807, 2.05) is 19.1 Å². The van der Waals surface area contributed by atoms with E-state index in [0.717, 1.165) is 10.2 Å². The molecular weight excluding hydrogens is 242 g/mol. The first-order chi connectivity index (χ1) is 6.56. The lowest BCUT2D eigenvalue weighted by molar-refractivity contribution is 0.228. The van der Waals surface area contributed by atoms with Gasteiger partial charge in [-0.2, -0.15) is 0 Å². The van der Waals surface area contributed by atoms with Crippen LogP contribution in [0.3, 0.4) is 0 Å². The van der Waals surface area contributed by atoms with Crippen LogP contribution in [-0.4, -0.2) is 12.6 Å². The van der Waals surface area contributed by atoms with E-state index in [9.17, 15) is 0 Å². The Morgan fingerprint density at radius 1 is 1.36 bits per heavy atom. The predicted octanol–water partition coefficient (Wildman–Crippen LogP) is 2.79. The van der Waals surface area contributed by atoms with Gasteiger partial charge in [-0.3, -0.25) is 0 Å². The van der Waals surface area contributed by atoms with Gasteiger partial charge in [-0.15, -0.1) is 0 Å². The SMILES string of the molecule is Cc1c(Br)ccc(OC(C)CN)c1C. The average molecular weight is 258 g/mol. The monoisotopic (exact) mass is 257 g/mol. The van der Waals surface area contributed by atoms with Crippen molar-refractivity contribution in [3.8, 4) is 5.75 Å². The van der Waals surface area contributed by atoms with Crippen molar-refractivity contribution < 1.29 is 4.74 Å². The number of benzene rings is 1. The third kappa shape index (κ3) is 2.49. The van der Waals surface area contributed by atoms with Crippen LogP contribution in [0, 0.1) is 13.8 Å². The molecule has 0 heterocycles. The molecule has 2 N–H and O–H groups in total. The number of ether oxygens (including phenoxy) is 1. The molecule has 0 bridgehead atoms. The average Bonchev–Trinajstić information content (AvgIpc) is 2.19. The molecule has 3 heteroatoms. The molecule has 1 aromatic carbocycles. The van der Waals surface area contributed by atoms with Gasteiger partial charge in [-0.05, 0) is 44.0 Å². The van der Waals surface area contributed by atoms with Crippen LogP contribution < -0.4 is 10.5 Å². The maximum absolute atomic E-state index is 5.68. The summed E-state index contributed by atoms with van der Waals surface area (Å²) in [7, 11) is 0. The lowest BCUT2D eigenvalue weighted by Gasteiger charge is -2.16. The minimum Gasteiger partial charge on any atom is -0.489 e. The van der Waals surface area contributed by atoms with E-state index in [4.69, 9.17) is 10.5 Å². The zero-order valence-corrected chi connectivity index (χ0v) is 10.4. The highest BCUT2D eigenvalue weighted by molar-refractivity contribution is 9.10. The smallest absolute Gasteiger partial charge is 0.123 e. The van der Waals surface area contributed by atoms with Gasteiger partial charge in [0.15, 0.2) is 0 Å². The second-order valence-electron chi connectivity index (χ2n) is 3.46. The summed E-state index contributed by atoms with van der Waals surface area (Å²) in [5, 5.41) is 0. The first-order valence-electron chi connectivity index (χ1n) is 4.68. The Bertz CT molecular complexity index is 325. The Labute approximate surface area is 93.6 Å². The van der Waals surface area contributed by atoms with Gasteiger partial charge in [0.2, 0.25) is 0 Å². The van der Waals surface area contributed by atoms with E-state index in [1.165, 1.54) is 11.1 Å². The highest BCUT2D eigenvalue weighted by Crippen LogP contribution is 2.27. The molecule has 0 aliphatic carbocycles. The fraction of sp³-hybridized carbons (Fsp3) is 0.455. The number of hydrogen-bond donors (Lipinski definition) is 1. The van der Waals surface area contributed by atoms with Gasteiger partial charge in [0.25, 0.3) is 0 Å². The molecule has 0 fully saturated rings. The van der Waals surface area contributed by atoms with Gasteiger partial charge in [0.1, 0.15) is 11.9 Å². The maximum Gasteiger partial charge on any atom is 0.123 e. The second kappa shape index (κ2) is 4.80. The lowest BCUT2D eigenvalue weighted by Crippen LogP contribution is -2.23. The molecule has 0 radical (unpaired) electrons. The largest absolute Gasteiger partial charge is 0.489 e. The molecule has 0 saturated carbocycles. The second-order valence-corrected chi connectivity index (χ2v) is 4.31. The van der Waals surface area contributed by atoms with Gasteiger partial charge < -0.3 is 10.5 Å². The normalized spacial score (nSPS) is 12.6. The molecule has 14 heavy (non-hydrogen) atoms. The van der Waals surface area contributed by atoms with E-state index < -0.39 is 0 Å². The van der Waals surface area contributed by atoms with Crippen LogP contribution in [-0.2, 0) is 0 Å². The Morgan fingerprint density at radius 3 is 2.57 bits per heavy atom. The van der Waals surface area contributed by atoms with Gasteiger partial charge in [0.05, 0.1) is 0 Å². The van der Waals surface area contributed by atoms with Gasteiger partial charge in [-0.1, -0.05) is 15.9 Å². The fourth-order valence-corrected chi connectivity index (χ4v) is 1.58. The lowest BCUT2D eigenvalue weighted by atomic mass is 10.1. The summed E-state index contributed by atoms with van der Waals surface area (Å²) in [6.07, 6.45) is 0.0641. The van der Waals surface area contributed by atoms with Crippen molar-refractivity contribution in [3.05, 3.63) is 27.7 Å². The van der Waals surface area contributed by atoms with Crippen LogP contribution in [0.4, 0.5) is 0 Å². The molecule has 0 amide bonds. The van der Waals surface area contributed by atoms with Crippen LogP contribution in [0.15, 0.2) is 16.6 Å². The zero-order valence-electron chi connectivity index (χ0n) is 8.80. The zero-order chi connectivity index (χ0) is 10.7. The Morgan fingerprint density at radius 2 is 2.00 bits per heavy atom. The van der Waals surface area contributed by atoms with Crippen molar-refractivity contribution in [3.63, 3.8) is 0 Å². The molecule has 78 valence electrons. The van der Waals surface area contributed by atoms with Crippen molar-refractivity contribution in [2.75, 3.05) is 6.54 Å². The van der Waals surface area contributed by atoms with Crippen LogP contribution in [0.1, 0.15) is 18.1 Å². The molecule has 0 aliphatic rings. The van der Waals surface area contributed by atoms with Crippen molar-refractivity contribution in [2.24, 2.45) is 5.73 Å². The molecule has 0 saturated heterocycles. The summed E-state index contributed by atoms with van der Waals surface area (Å²) in [4.78, 5) is 0. The van der Waals surface area contributed by atoms with E-state index in [-0.39, 0.29) is 6.10 Å². The quantitative estimate of drug-likeness (QED) is 0.904. The van der Waals surface area contributed by atoms with Crippen molar-refractivity contribution in [2.45, 2.75) is 26.9 Å². The number of nitrogens with two attached hydrogens (primary N) is 1. The van der Waals surface area contributed by atoms with Crippen LogP contribution in [0.2, 0.25) is 0 Å². The standard InChI is InChI=1S/C11H16BrNO/c1-7(6-13)14-11-5-4-10(12)8(2)9(11)3/h4-5,7H,6,13H2,1-3H3. The first kappa shape index (κ1) is 11.5. The summed E-state index contributed by atoms with van der Waals surface area (Å²) in [6.45, 7) is 6.63. The van der Waals surface area contributed by atoms with E-state index in [1.54, 1.807) is 0 Å². The molecule has 1 atom stereocenters. The topological polar surface area (TPSA) is 35.2 Å². The highest BCUT2D eigenvalue weighted by atomic mass is 79.9. The molecule has 1 rings (SSSR count). The van der Waals surface area contributed by atoms with Gasteiger partial charge in [-0.25, -0.2) is 0 Å². The minimum absolute atomic E-state index is 0.0641. The van der Waals surface area contributed by atoms with Crippen LogP contribution >= 0.6 is 15.9 Å². The minimum atomic E-state index is 0.0641. The molecule has 0 spiro atoms. The summed E-state index contributed by atoms with van der Waals surface area (Å²) in [5.41, 5.74) is 7.88. The van der Waals surface area contributed by atoms with Crippen molar-refractivity contribution in [1.82, 2.24) is 0 Å². The maximum atomic E-state index is 5.68. The predicted molar refractivity (Wildman–Crippen MR) is 62.8 cm³/mol. The van der Waals surface area contributed by atoms with E-state index >= 15 is 0 Å². The number of rotatable bonds is 3. The van der Waals surface area contributed by atoms with Gasteiger partial charge in [0, 0.05) is 11.0 Å². The van der Waals surface area contributed by atoms with Crippen molar-refractivity contribution >= 4 is 15.9 Å². The molecule has 1 aromatic rings. The van der Waals surface area contributed by atoms with E-state index in [2.05, 4.69) is 29.8 Å². The molecule has 2 nitrogen and oxygen atoms in total. The number of hydrogen-bond acceptors (Lipinski definition) is 2. The fourth-order valence-electron chi connectivity index (χ4n) is 1.16. The molecule has 1 unspecified atom stereocenters. The summed E-state index contributed by atoms with van der Waals surface area (Å²) < 4.78 is 6.80. The Hall–Kier alpha value is -0.540. The van der Waals surface area contributed by atoms with Gasteiger partial charge >= 0.3 is 0 Å². The van der Waals surface area contributed by atoms with Crippen LogP contribution in [0.25, 0.3) is 0 Å². The first-order valence-corrected chi connectivity index (χ1v) is 5.48. The number of halogens is 1. The summed E-state index contributed by atoms with van der Waals surface area (Å²) in [6, 6.07) is 3.97. The Balaban J connectivity index is 2.94. The third-order valence-corrected chi connectivity index (χ3v) is 3.19. The van der Waals surface area contributed by atoms with Crippen LogP contribution in [0.5, 0.6) is 5.75 Å². The highest BCUT2D eigenvalue weighted by Gasteiger charge is 2.07.